The van der Waals surface area contributed by atoms with E-state index >= 15 is 0 Å². The van der Waals surface area contributed by atoms with Gasteiger partial charge in [0.05, 0.1) is 40.4 Å². The third-order valence-corrected chi connectivity index (χ3v) is 4.56. The molecule has 7 heteroatoms. The molecule has 1 amide bonds. The largest absolute Gasteiger partial charge is 0.332 e. The molecule has 2 aromatic heterocycles. The Bertz CT molecular complexity index is 1280. The molecular weight excluding hydrogens is 366 g/mol. The number of aromatic amines is 1. The summed E-state index contributed by atoms with van der Waals surface area (Å²) in [5.41, 5.74) is 2.57. The number of benzene rings is 2. The standard InChI is InChI=1S/C22H19N5O2/c1-2-27(14-20-25-17-8-4-3-7-16(17)22(29)26-20)21(28)12-11-15-13-23-18-9-5-6-10-19(18)24-15/h3-13H,2,14H2,1H3,(H,25,26,29). The Morgan fingerprint density at radius 1 is 1.03 bits per heavy atom. The molecule has 1 N–H and O–H groups in total. The van der Waals surface area contributed by atoms with E-state index in [-0.39, 0.29) is 18.0 Å². The first-order valence-electron chi connectivity index (χ1n) is 9.31. The maximum atomic E-state index is 12.6. The van der Waals surface area contributed by atoms with Gasteiger partial charge in [-0.3, -0.25) is 14.6 Å². The minimum atomic E-state index is -0.212. The second-order valence-corrected chi connectivity index (χ2v) is 6.50. The fourth-order valence-corrected chi connectivity index (χ4v) is 3.05. The predicted molar refractivity (Wildman–Crippen MR) is 112 cm³/mol. The normalized spacial score (nSPS) is 11.3. The van der Waals surface area contributed by atoms with E-state index in [9.17, 15) is 9.59 Å². The molecule has 2 heterocycles. The molecule has 4 rings (SSSR count). The lowest BCUT2D eigenvalue weighted by molar-refractivity contribution is -0.126. The summed E-state index contributed by atoms with van der Waals surface area (Å²) in [4.78, 5) is 42.5. The lowest BCUT2D eigenvalue weighted by Crippen LogP contribution is -2.30. The molecule has 2 aromatic carbocycles. The van der Waals surface area contributed by atoms with Gasteiger partial charge in [0.1, 0.15) is 5.82 Å². The third-order valence-electron chi connectivity index (χ3n) is 4.56. The molecule has 144 valence electrons. The zero-order valence-electron chi connectivity index (χ0n) is 15.9. The number of amides is 1. The number of para-hydroxylation sites is 3. The second kappa shape index (κ2) is 8.02. The number of fused-ring (bicyclic) bond motifs is 2. The summed E-state index contributed by atoms with van der Waals surface area (Å²) in [5, 5.41) is 0.528. The predicted octanol–water partition coefficient (Wildman–Crippen LogP) is 2.93. The van der Waals surface area contributed by atoms with Crippen LogP contribution >= 0.6 is 0 Å². The van der Waals surface area contributed by atoms with E-state index in [0.717, 1.165) is 11.0 Å². The summed E-state index contributed by atoms with van der Waals surface area (Å²) >= 11 is 0. The van der Waals surface area contributed by atoms with Crippen molar-refractivity contribution in [1.29, 1.82) is 0 Å². The number of carbonyl (C=O) groups is 1. The van der Waals surface area contributed by atoms with Crippen LogP contribution in [0.5, 0.6) is 0 Å². The molecule has 29 heavy (non-hydrogen) atoms. The molecule has 0 unspecified atom stereocenters. The topological polar surface area (TPSA) is 91.8 Å². The first kappa shape index (κ1) is 18.5. The van der Waals surface area contributed by atoms with Crippen molar-refractivity contribution < 1.29 is 4.79 Å². The number of hydrogen-bond acceptors (Lipinski definition) is 5. The molecule has 0 aliphatic heterocycles. The van der Waals surface area contributed by atoms with Crippen molar-refractivity contribution >= 4 is 33.9 Å². The Morgan fingerprint density at radius 2 is 1.76 bits per heavy atom. The molecule has 4 aromatic rings. The molecule has 7 nitrogen and oxygen atoms in total. The van der Waals surface area contributed by atoms with Crippen molar-refractivity contribution in [3.63, 3.8) is 0 Å². The Labute approximate surface area is 166 Å². The number of aromatic nitrogens is 4. The van der Waals surface area contributed by atoms with E-state index in [0.29, 0.717) is 29.0 Å². The lowest BCUT2D eigenvalue weighted by Gasteiger charge is -2.18. The Morgan fingerprint density at radius 3 is 2.55 bits per heavy atom. The van der Waals surface area contributed by atoms with Crippen LogP contribution in [-0.4, -0.2) is 37.3 Å². The molecule has 0 saturated carbocycles. The highest BCUT2D eigenvalue weighted by atomic mass is 16.2. The van der Waals surface area contributed by atoms with Crippen molar-refractivity contribution in [2.24, 2.45) is 0 Å². The minimum Gasteiger partial charge on any atom is -0.332 e. The van der Waals surface area contributed by atoms with Gasteiger partial charge in [0, 0.05) is 12.6 Å². The summed E-state index contributed by atoms with van der Waals surface area (Å²) in [5.74, 6) is 0.251. The Hall–Kier alpha value is -3.87. The quantitative estimate of drug-likeness (QED) is 0.533. The SMILES string of the molecule is CCN(Cc1nc2ccccc2c(=O)[nH]1)C(=O)C=Cc1cnc2ccccc2n1. The Balaban J connectivity index is 1.53. The van der Waals surface area contributed by atoms with Gasteiger partial charge in [-0.15, -0.1) is 0 Å². The number of nitrogens with one attached hydrogen (secondary N) is 1. The average molecular weight is 385 g/mol. The molecule has 0 aliphatic rings. The lowest BCUT2D eigenvalue weighted by atomic mass is 10.2. The van der Waals surface area contributed by atoms with Crippen molar-refractivity contribution in [3.05, 3.63) is 82.7 Å². The highest BCUT2D eigenvalue weighted by molar-refractivity contribution is 5.91. The van der Waals surface area contributed by atoms with Gasteiger partial charge in [0.15, 0.2) is 0 Å². The molecule has 0 fully saturated rings. The number of rotatable bonds is 5. The van der Waals surface area contributed by atoms with Gasteiger partial charge in [0.2, 0.25) is 5.91 Å². The smallest absolute Gasteiger partial charge is 0.258 e. The second-order valence-electron chi connectivity index (χ2n) is 6.50. The van der Waals surface area contributed by atoms with E-state index in [1.807, 2.05) is 37.3 Å². The average Bonchev–Trinajstić information content (AvgIpc) is 2.75. The van der Waals surface area contributed by atoms with Crippen LogP contribution in [0.1, 0.15) is 18.4 Å². The van der Waals surface area contributed by atoms with Gasteiger partial charge >= 0.3 is 0 Å². The number of hydrogen-bond donors (Lipinski definition) is 1. The van der Waals surface area contributed by atoms with Crippen molar-refractivity contribution in [2.75, 3.05) is 6.54 Å². The highest BCUT2D eigenvalue weighted by Crippen LogP contribution is 2.10. The van der Waals surface area contributed by atoms with Crippen LogP contribution in [-0.2, 0) is 11.3 Å². The van der Waals surface area contributed by atoms with Crippen LogP contribution in [0.4, 0.5) is 0 Å². The monoisotopic (exact) mass is 385 g/mol. The van der Waals surface area contributed by atoms with E-state index in [1.165, 1.54) is 6.08 Å². The van der Waals surface area contributed by atoms with Gasteiger partial charge in [-0.1, -0.05) is 24.3 Å². The fourth-order valence-electron chi connectivity index (χ4n) is 3.05. The first-order valence-corrected chi connectivity index (χ1v) is 9.31. The molecule has 0 spiro atoms. The number of likely N-dealkylation sites (N-methyl/N-ethyl adjacent to an activating group) is 1. The van der Waals surface area contributed by atoms with Gasteiger partial charge < -0.3 is 9.88 Å². The maximum absolute atomic E-state index is 12.6. The van der Waals surface area contributed by atoms with Gasteiger partial charge in [-0.05, 0) is 37.3 Å². The number of carbonyl (C=O) groups excluding carboxylic acids is 1. The van der Waals surface area contributed by atoms with E-state index < -0.39 is 0 Å². The zero-order valence-corrected chi connectivity index (χ0v) is 15.9. The minimum absolute atomic E-state index is 0.196. The zero-order chi connectivity index (χ0) is 20.2. The van der Waals surface area contributed by atoms with Gasteiger partial charge in [-0.2, -0.15) is 0 Å². The summed E-state index contributed by atoms with van der Waals surface area (Å²) in [7, 11) is 0. The van der Waals surface area contributed by atoms with Crippen LogP contribution in [0, 0.1) is 0 Å². The van der Waals surface area contributed by atoms with E-state index in [4.69, 9.17) is 0 Å². The maximum Gasteiger partial charge on any atom is 0.258 e. The van der Waals surface area contributed by atoms with Crippen molar-refractivity contribution in [3.8, 4) is 0 Å². The van der Waals surface area contributed by atoms with Crippen LogP contribution in [0.2, 0.25) is 0 Å². The molecule has 0 atom stereocenters. The fraction of sp³-hybridized carbons (Fsp3) is 0.136. The van der Waals surface area contributed by atoms with Crippen LogP contribution in [0.25, 0.3) is 28.0 Å². The number of H-pyrrole nitrogens is 1. The molecule has 0 radical (unpaired) electrons. The molecule has 0 aliphatic carbocycles. The molecule has 0 saturated heterocycles. The van der Waals surface area contributed by atoms with Crippen molar-refractivity contribution in [2.45, 2.75) is 13.5 Å². The number of nitrogens with zero attached hydrogens (tertiary/aromatic N) is 4. The van der Waals surface area contributed by atoms with Gasteiger partial charge in [0.25, 0.3) is 5.56 Å². The molecular formula is C22H19N5O2. The van der Waals surface area contributed by atoms with Crippen LogP contribution in [0.3, 0.4) is 0 Å². The summed E-state index contributed by atoms with van der Waals surface area (Å²) in [6, 6.07) is 14.7. The highest BCUT2D eigenvalue weighted by Gasteiger charge is 2.12. The Kier molecular flexibility index (Phi) is 5.11. The molecule has 0 bridgehead atoms. The summed E-state index contributed by atoms with van der Waals surface area (Å²) < 4.78 is 0. The third kappa shape index (κ3) is 4.03. The van der Waals surface area contributed by atoms with Crippen LogP contribution in [0.15, 0.2) is 65.6 Å². The van der Waals surface area contributed by atoms with Crippen LogP contribution < -0.4 is 5.56 Å². The van der Waals surface area contributed by atoms with Crippen molar-refractivity contribution in [1.82, 2.24) is 24.8 Å². The van der Waals surface area contributed by atoms with E-state index in [1.54, 1.807) is 35.4 Å². The van der Waals surface area contributed by atoms with E-state index in [2.05, 4.69) is 19.9 Å². The van der Waals surface area contributed by atoms with Gasteiger partial charge in [-0.25, -0.2) is 9.97 Å². The summed E-state index contributed by atoms with van der Waals surface area (Å²) in [6.45, 7) is 2.56. The first-order chi connectivity index (χ1) is 14.1. The summed E-state index contributed by atoms with van der Waals surface area (Å²) in [6.07, 6.45) is 4.73.